The lowest BCUT2D eigenvalue weighted by Crippen LogP contribution is -2.25. The van der Waals surface area contributed by atoms with Gasteiger partial charge in [-0.25, -0.2) is 0 Å². The molecule has 0 spiro atoms. The monoisotopic (exact) mass is 233 g/mol. The number of carbonyl (C=O) groups is 1. The predicted molar refractivity (Wildman–Crippen MR) is 63.5 cm³/mol. The fraction of sp³-hybridized carbons (Fsp3) is 0.462. The lowest BCUT2D eigenvalue weighted by molar-refractivity contribution is -0.120. The molecule has 1 aromatic carbocycles. The first-order valence-corrected chi connectivity index (χ1v) is 5.99. The van der Waals surface area contributed by atoms with Crippen molar-refractivity contribution in [3.8, 4) is 11.5 Å². The summed E-state index contributed by atoms with van der Waals surface area (Å²) < 4.78 is 10.6. The smallest absolute Gasteiger partial charge is 0.231 e. The Hall–Kier alpha value is -1.71. The van der Waals surface area contributed by atoms with E-state index in [0.29, 0.717) is 31.5 Å². The van der Waals surface area contributed by atoms with Crippen molar-refractivity contribution in [1.29, 1.82) is 0 Å². The zero-order valence-electron chi connectivity index (χ0n) is 9.57. The van der Waals surface area contributed by atoms with Gasteiger partial charge in [0.1, 0.15) is 5.78 Å². The Morgan fingerprint density at radius 1 is 1.12 bits per heavy atom. The van der Waals surface area contributed by atoms with Crippen LogP contribution in [0.15, 0.2) is 18.2 Å². The lowest BCUT2D eigenvalue weighted by Gasteiger charge is -2.23. The molecule has 1 aromatic rings. The van der Waals surface area contributed by atoms with Crippen LogP contribution in [-0.4, -0.2) is 18.6 Å². The van der Waals surface area contributed by atoms with E-state index in [2.05, 4.69) is 5.32 Å². The van der Waals surface area contributed by atoms with E-state index in [1.807, 2.05) is 18.2 Å². The summed E-state index contributed by atoms with van der Waals surface area (Å²) in [5.74, 6) is 1.98. The molecule has 4 nitrogen and oxygen atoms in total. The van der Waals surface area contributed by atoms with Crippen LogP contribution in [0, 0.1) is 0 Å². The van der Waals surface area contributed by atoms with Gasteiger partial charge in [-0.1, -0.05) is 0 Å². The van der Waals surface area contributed by atoms with Crippen molar-refractivity contribution in [1.82, 2.24) is 0 Å². The second-order valence-corrected chi connectivity index (χ2v) is 4.53. The van der Waals surface area contributed by atoms with Crippen molar-refractivity contribution in [3.05, 3.63) is 18.2 Å². The minimum absolute atomic E-state index is 0.302. The first-order valence-electron chi connectivity index (χ1n) is 5.99. The fourth-order valence-corrected chi connectivity index (χ4v) is 2.31. The van der Waals surface area contributed by atoms with Crippen LogP contribution < -0.4 is 14.8 Å². The zero-order chi connectivity index (χ0) is 11.7. The van der Waals surface area contributed by atoms with Gasteiger partial charge in [-0.15, -0.1) is 0 Å². The van der Waals surface area contributed by atoms with Gasteiger partial charge in [0.2, 0.25) is 6.79 Å². The van der Waals surface area contributed by atoms with Crippen LogP contribution in [0.3, 0.4) is 0 Å². The number of hydrogen-bond acceptors (Lipinski definition) is 4. The Balaban J connectivity index is 1.67. The highest BCUT2D eigenvalue weighted by molar-refractivity contribution is 5.79. The Bertz CT molecular complexity index is 434. The van der Waals surface area contributed by atoms with E-state index in [0.717, 1.165) is 30.0 Å². The molecule has 0 amide bonds. The molecule has 1 fully saturated rings. The minimum atomic E-state index is 0.302. The van der Waals surface area contributed by atoms with Crippen molar-refractivity contribution in [3.63, 3.8) is 0 Å². The van der Waals surface area contributed by atoms with Gasteiger partial charge in [0.25, 0.3) is 0 Å². The Labute approximate surface area is 99.9 Å². The highest BCUT2D eigenvalue weighted by Crippen LogP contribution is 2.34. The molecule has 90 valence electrons. The number of fused-ring (bicyclic) bond motifs is 1. The first kappa shape index (κ1) is 10.4. The standard InChI is InChI=1S/C13H15NO3/c15-11-4-1-9(2-5-11)14-10-3-6-12-13(7-10)17-8-16-12/h3,6-7,9,14H,1-2,4-5,8H2. The number of hydrogen-bond donors (Lipinski definition) is 1. The van der Waals surface area contributed by atoms with Crippen LogP contribution in [0.4, 0.5) is 5.69 Å². The summed E-state index contributed by atoms with van der Waals surface area (Å²) in [5.41, 5.74) is 1.04. The molecule has 0 bridgehead atoms. The van der Waals surface area contributed by atoms with Crippen molar-refractivity contribution >= 4 is 11.5 Å². The quantitative estimate of drug-likeness (QED) is 0.851. The average Bonchev–Trinajstić information content (AvgIpc) is 2.79. The number of ketones is 1. The second kappa shape index (κ2) is 4.28. The molecule has 1 N–H and O–H groups in total. The molecule has 3 rings (SSSR count). The number of rotatable bonds is 2. The maximum atomic E-state index is 11.2. The highest BCUT2D eigenvalue weighted by Gasteiger charge is 2.19. The first-order chi connectivity index (χ1) is 8.31. The largest absolute Gasteiger partial charge is 0.454 e. The van der Waals surface area contributed by atoms with Crippen LogP contribution in [-0.2, 0) is 4.79 Å². The maximum Gasteiger partial charge on any atom is 0.231 e. The summed E-state index contributed by atoms with van der Waals surface area (Å²) in [7, 11) is 0. The summed E-state index contributed by atoms with van der Waals surface area (Å²) in [6.45, 7) is 0.302. The molecule has 17 heavy (non-hydrogen) atoms. The molecule has 1 aliphatic carbocycles. The molecule has 0 aromatic heterocycles. The van der Waals surface area contributed by atoms with E-state index in [9.17, 15) is 4.79 Å². The van der Waals surface area contributed by atoms with Gasteiger partial charge < -0.3 is 14.8 Å². The van der Waals surface area contributed by atoms with Gasteiger partial charge in [-0.05, 0) is 25.0 Å². The van der Waals surface area contributed by atoms with E-state index in [1.54, 1.807) is 0 Å². The fourth-order valence-electron chi connectivity index (χ4n) is 2.31. The van der Waals surface area contributed by atoms with Crippen molar-refractivity contribution in [2.75, 3.05) is 12.1 Å². The average molecular weight is 233 g/mol. The molecule has 4 heteroatoms. The molecule has 0 atom stereocenters. The van der Waals surface area contributed by atoms with E-state index in [-0.39, 0.29) is 0 Å². The molecule has 0 saturated heterocycles. The van der Waals surface area contributed by atoms with Gasteiger partial charge in [0.05, 0.1) is 0 Å². The molecule has 0 radical (unpaired) electrons. The van der Waals surface area contributed by atoms with Crippen molar-refractivity contribution < 1.29 is 14.3 Å². The number of benzene rings is 1. The van der Waals surface area contributed by atoms with Crippen LogP contribution >= 0.6 is 0 Å². The number of anilines is 1. The topological polar surface area (TPSA) is 47.6 Å². The molecule has 1 heterocycles. The molecule has 2 aliphatic rings. The van der Waals surface area contributed by atoms with Gasteiger partial charge in [-0.3, -0.25) is 4.79 Å². The summed E-state index contributed by atoms with van der Waals surface area (Å²) in [6.07, 6.45) is 3.24. The van der Waals surface area contributed by atoms with Crippen molar-refractivity contribution in [2.24, 2.45) is 0 Å². The molecule has 0 unspecified atom stereocenters. The van der Waals surface area contributed by atoms with E-state index in [4.69, 9.17) is 9.47 Å². The van der Waals surface area contributed by atoms with E-state index < -0.39 is 0 Å². The summed E-state index contributed by atoms with van der Waals surface area (Å²) >= 11 is 0. The predicted octanol–water partition coefficient (Wildman–Crippen LogP) is 2.34. The number of Topliss-reactive ketones (excluding diaryl/α,β-unsaturated/α-hetero) is 1. The van der Waals surface area contributed by atoms with Crippen LogP contribution in [0.2, 0.25) is 0 Å². The van der Waals surface area contributed by atoms with Gasteiger partial charge in [0.15, 0.2) is 11.5 Å². The molecule has 1 aliphatic heterocycles. The summed E-state index contributed by atoms with van der Waals surface area (Å²) in [4.78, 5) is 11.2. The lowest BCUT2D eigenvalue weighted by atomic mass is 9.94. The molecular weight excluding hydrogens is 218 g/mol. The number of nitrogens with one attached hydrogen (secondary N) is 1. The normalized spacial score (nSPS) is 19.4. The highest BCUT2D eigenvalue weighted by atomic mass is 16.7. The van der Waals surface area contributed by atoms with E-state index >= 15 is 0 Å². The Kier molecular flexibility index (Phi) is 2.63. The van der Waals surface area contributed by atoms with Crippen molar-refractivity contribution in [2.45, 2.75) is 31.7 Å². The third-order valence-electron chi connectivity index (χ3n) is 3.29. The summed E-state index contributed by atoms with van der Waals surface area (Å²) in [6, 6.07) is 6.26. The minimum Gasteiger partial charge on any atom is -0.454 e. The second-order valence-electron chi connectivity index (χ2n) is 4.53. The van der Waals surface area contributed by atoms with Crippen LogP contribution in [0.1, 0.15) is 25.7 Å². The SMILES string of the molecule is O=C1CCC(Nc2ccc3c(c2)OCO3)CC1. The van der Waals surface area contributed by atoms with Gasteiger partial charge in [-0.2, -0.15) is 0 Å². The van der Waals surface area contributed by atoms with Crippen LogP contribution in [0.5, 0.6) is 11.5 Å². The molecular formula is C13H15NO3. The molecule has 1 saturated carbocycles. The van der Waals surface area contributed by atoms with E-state index in [1.165, 1.54) is 0 Å². The third kappa shape index (κ3) is 2.20. The number of carbonyl (C=O) groups excluding carboxylic acids is 1. The third-order valence-corrected chi connectivity index (χ3v) is 3.29. The Morgan fingerprint density at radius 2 is 1.88 bits per heavy atom. The van der Waals surface area contributed by atoms with Gasteiger partial charge in [0, 0.05) is 30.6 Å². The number of ether oxygens (including phenoxy) is 2. The summed E-state index contributed by atoms with van der Waals surface area (Å²) in [5, 5.41) is 3.44. The Morgan fingerprint density at radius 3 is 2.71 bits per heavy atom. The maximum absolute atomic E-state index is 11.2. The zero-order valence-corrected chi connectivity index (χ0v) is 9.57. The van der Waals surface area contributed by atoms with Crippen LogP contribution in [0.25, 0.3) is 0 Å². The van der Waals surface area contributed by atoms with Gasteiger partial charge >= 0.3 is 0 Å².